The fourth-order valence-electron chi connectivity index (χ4n) is 7.24. The fourth-order valence-corrected chi connectivity index (χ4v) is 7.24. The van der Waals surface area contributed by atoms with Gasteiger partial charge in [0.25, 0.3) is 0 Å². The van der Waals surface area contributed by atoms with Gasteiger partial charge in [0.15, 0.2) is 0 Å². The lowest BCUT2D eigenvalue weighted by molar-refractivity contribution is -0.151. The first-order chi connectivity index (χ1) is 21.5. The quantitative estimate of drug-likeness (QED) is 0.210. The molecule has 0 bridgehead atoms. The molecule has 1 saturated carbocycles. The summed E-state index contributed by atoms with van der Waals surface area (Å²) in [6.07, 6.45) is 15.2. The van der Waals surface area contributed by atoms with E-state index in [-0.39, 0.29) is 31.1 Å². The Morgan fingerprint density at radius 3 is 2.60 bits per heavy atom. The molecule has 0 aromatic carbocycles. The summed E-state index contributed by atoms with van der Waals surface area (Å²) >= 11 is 0. The number of carboxylic acid groups (broad SMARTS) is 1. The van der Waals surface area contributed by atoms with Crippen LogP contribution in [0.1, 0.15) is 90.7 Å². The van der Waals surface area contributed by atoms with Gasteiger partial charge < -0.3 is 25.0 Å². The molecular formula is C36H53N3O6. The molecule has 9 nitrogen and oxygen atoms in total. The van der Waals surface area contributed by atoms with Crippen LogP contribution in [0.15, 0.2) is 60.3 Å². The molecule has 9 heteroatoms. The molecule has 45 heavy (non-hydrogen) atoms. The van der Waals surface area contributed by atoms with E-state index in [1.165, 1.54) is 24.2 Å². The number of aromatic nitrogens is 1. The molecule has 7 atom stereocenters. The first-order valence-electron chi connectivity index (χ1n) is 16.7. The molecule has 1 unspecified atom stereocenters. The maximum Gasteiger partial charge on any atom is 0.407 e. The second kappa shape index (κ2) is 16.0. The van der Waals surface area contributed by atoms with Crippen LogP contribution in [-0.2, 0) is 9.53 Å². The topological polar surface area (TPSA) is 123 Å². The third-order valence-electron chi connectivity index (χ3n) is 10.0. The Hall–Kier alpha value is -3.01. The van der Waals surface area contributed by atoms with E-state index in [2.05, 4.69) is 16.8 Å². The molecule has 1 saturated heterocycles. The van der Waals surface area contributed by atoms with Crippen molar-refractivity contribution in [1.29, 1.82) is 0 Å². The van der Waals surface area contributed by atoms with E-state index >= 15 is 0 Å². The summed E-state index contributed by atoms with van der Waals surface area (Å²) in [7, 11) is 0. The molecule has 0 spiro atoms. The van der Waals surface area contributed by atoms with Gasteiger partial charge in [-0.25, -0.2) is 4.79 Å². The van der Waals surface area contributed by atoms with Crippen molar-refractivity contribution in [2.24, 2.45) is 11.8 Å². The Labute approximate surface area is 268 Å². The molecule has 3 aliphatic rings. The third-order valence-corrected chi connectivity index (χ3v) is 10.0. The van der Waals surface area contributed by atoms with Crippen LogP contribution in [0.25, 0.3) is 0 Å². The molecule has 2 aliphatic heterocycles. The van der Waals surface area contributed by atoms with Crippen molar-refractivity contribution in [1.82, 2.24) is 14.8 Å². The minimum absolute atomic E-state index is 0.102. The number of ether oxygens (including phenoxy) is 1. The zero-order valence-corrected chi connectivity index (χ0v) is 27.4. The highest BCUT2D eigenvalue weighted by atomic mass is 16.5. The van der Waals surface area contributed by atoms with Crippen LogP contribution < -0.4 is 0 Å². The molecule has 248 valence electrons. The van der Waals surface area contributed by atoms with Crippen molar-refractivity contribution in [3.05, 3.63) is 66.0 Å². The van der Waals surface area contributed by atoms with Gasteiger partial charge in [-0.3, -0.25) is 14.7 Å². The lowest BCUT2D eigenvalue weighted by atomic mass is 9.76. The Balaban J connectivity index is 1.63. The molecule has 0 radical (unpaired) electrons. The van der Waals surface area contributed by atoms with Gasteiger partial charge in [0.05, 0.1) is 24.2 Å². The number of esters is 1. The predicted octanol–water partition coefficient (Wildman–Crippen LogP) is 5.70. The van der Waals surface area contributed by atoms with Crippen molar-refractivity contribution in [3.8, 4) is 0 Å². The van der Waals surface area contributed by atoms with Gasteiger partial charge in [-0.2, -0.15) is 0 Å². The van der Waals surface area contributed by atoms with Crippen molar-refractivity contribution in [2.75, 3.05) is 19.6 Å². The van der Waals surface area contributed by atoms with Gasteiger partial charge in [-0.15, -0.1) is 0 Å². The number of hydrogen-bond acceptors (Lipinski definition) is 7. The average molecular weight is 624 g/mol. The molecule has 3 heterocycles. The van der Waals surface area contributed by atoms with E-state index in [1.807, 2.05) is 62.4 Å². The average Bonchev–Trinajstić information content (AvgIpc) is 3.02. The van der Waals surface area contributed by atoms with Crippen LogP contribution in [0.2, 0.25) is 0 Å². The normalized spacial score (nSPS) is 33.2. The van der Waals surface area contributed by atoms with E-state index in [0.717, 1.165) is 24.1 Å². The molecule has 2 fully saturated rings. The summed E-state index contributed by atoms with van der Waals surface area (Å²) in [5.41, 5.74) is 0.493. The number of aliphatic hydroxyl groups excluding tert-OH is 1. The fraction of sp³-hybridized carbons (Fsp3) is 0.639. The highest BCUT2D eigenvalue weighted by Crippen LogP contribution is 2.35. The summed E-state index contributed by atoms with van der Waals surface area (Å²) in [6, 6.07) is 5.81. The molecule has 3 N–H and O–H groups in total. The van der Waals surface area contributed by atoms with Gasteiger partial charge in [-0.05, 0) is 57.2 Å². The Kier molecular flexibility index (Phi) is 12.4. The predicted molar refractivity (Wildman–Crippen MR) is 175 cm³/mol. The first-order valence-corrected chi connectivity index (χ1v) is 16.7. The molecule has 4 rings (SSSR count). The van der Waals surface area contributed by atoms with Gasteiger partial charge in [0.1, 0.15) is 6.10 Å². The summed E-state index contributed by atoms with van der Waals surface area (Å²) in [4.78, 5) is 33.8. The van der Waals surface area contributed by atoms with Crippen LogP contribution in [-0.4, -0.2) is 91.7 Å². The van der Waals surface area contributed by atoms with Crippen molar-refractivity contribution in [3.63, 3.8) is 0 Å². The smallest absolute Gasteiger partial charge is 0.407 e. The van der Waals surface area contributed by atoms with E-state index in [9.17, 15) is 24.9 Å². The van der Waals surface area contributed by atoms with Crippen LogP contribution in [0.4, 0.5) is 4.79 Å². The largest absolute Gasteiger partial charge is 0.465 e. The molecule has 1 aliphatic carbocycles. The summed E-state index contributed by atoms with van der Waals surface area (Å²) in [5, 5.41) is 32.9. The van der Waals surface area contributed by atoms with Crippen molar-refractivity contribution < 1.29 is 29.6 Å². The van der Waals surface area contributed by atoms with Crippen molar-refractivity contribution in [2.45, 2.75) is 115 Å². The lowest BCUT2D eigenvalue weighted by Crippen LogP contribution is -2.62. The summed E-state index contributed by atoms with van der Waals surface area (Å²) < 4.78 is 5.96. The maximum absolute atomic E-state index is 12.9. The number of rotatable bonds is 6. The van der Waals surface area contributed by atoms with Crippen LogP contribution in [0.5, 0.6) is 0 Å². The van der Waals surface area contributed by atoms with Crippen LogP contribution in [0, 0.1) is 11.8 Å². The van der Waals surface area contributed by atoms with E-state index in [4.69, 9.17) is 4.74 Å². The van der Waals surface area contributed by atoms with E-state index < -0.39 is 41.8 Å². The Morgan fingerprint density at radius 1 is 1.16 bits per heavy atom. The van der Waals surface area contributed by atoms with Gasteiger partial charge in [-0.1, -0.05) is 69.6 Å². The molecule has 1 aromatic rings. The number of amides is 1. The minimum atomic E-state index is -1.31. The van der Waals surface area contributed by atoms with Crippen LogP contribution >= 0.6 is 0 Å². The number of carbonyl (C=O) groups excluding carboxylic acids is 1. The highest BCUT2D eigenvalue weighted by molar-refractivity contribution is 5.70. The van der Waals surface area contributed by atoms with Crippen LogP contribution in [0.3, 0.4) is 0 Å². The summed E-state index contributed by atoms with van der Waals surface area (Å²) in [6.45, 7) is 9.32. The highest BCUT2D eigenvalue weighted by Gasteiger charge is 2.44. The Morgan fingerprint density at radius 2 is 1.91 bits per heavy atom. The number of carbonyl (C=O) groups is 2. The van der Waals surface area contributed by atoms with Gasteiger partial charge >= 0.3 is 12.1 Å². The maximum atomic E-state index is 12.9. The minimum Gasteiger partial charge on any atom is -0.465 e. The number of aliphatic hydroxyl groups is 2. The number of nitrogens with zero attached hydrogens (tertiary/aromatic N) is 3. The monoisotopic (exact) mass is 623 g/mol. The number of cyclic esters (lactones) is 1. The summed E-state index contributed by atoms with van der Waals surface area (Å²) in [5.74, 6) is -1.17. The second-order valence-corrected chi connectivity index (χ2v) is 13.6. The van der Waals surface area contributed by atoms with E-state index in [1.54, 1.807) is 13.1 Å². The standard InChI is InChI=1S/C36H53N3O6/c1-25(31-15-8-9-20-37-31)11-10-12-26(2)34-27(3)16-17-30(36(4,44)19-18-29(40)23-33(41)45-34)32-24-38(21-22-39(32)35(42)43)28-13-6-5-7-14-28/h8-12,15-17,20,25,27-30,32,34,40,44H,5-7,13-14,18-19,21-24H2,1-4H3,(H,42,43)/b11-10+,17-16+,26-12+/t25-,27-,29-,30-,32?,34+,36-/m0/s1. The SMILES string of the molecule is C/C(=C\C=C\[C@H](C)c1ccccn1)[C@H]1OC(=O)C[C@@H](O)CC[C@](C)(O)[C@H](C2CN(C3CCCCC3)CCN2C(=O)O)/C=C/[C@@H]1C. The molecule has 1 aromatic heterocycles. The number of hydrogen-bond donors (Lipinski definition) is 3. The zero-order chi connectivity index (χ0) is 32.6. The van der Waals surface area contributed by atoms with E-state index in [0.29, 0.717) is 25.7 Å². The number of piperazine rings is 1. The third kappa shape index (κ3) is 9.50. The number of pyridine rings is 1. The molecule has 1 amide bonds. The Bertz CT molecular complexity index is 1210. The van der Waals surface area contributed by atoms with Crippen molar-refractivity contribution >= 4 is 12.1 Å². The molecular weight excluding hydrogens is 570 g/mol. The lowest BCUT2D eigenvalue weighted by Gasteiger charge is -2.49. The zero-order valence-electron chi connectivity index (χ0n) is 27.4. The first kappa shape index (κ1) is 34.9. The van der Waals surface area contributed by atoms with Gasteiger partial charge in [0.2, 0.25) is 0 Å². The number of allylic oxidation sites excluding steroid dienone is 3. The van der Waals surface area contributed by atoms with Gasteiger partial charge in [0, 0.05) is 55.3 Å². The second-order valence-electron chi connectivity index (χ2n) is 13.6.